The highest BCUT2D eigenvalue weighted by Crippen LogP contribution is 2.28. The lowest BCUT2D eigenvalue weighted by atomic mass is 10.3. The van der Waals surface area contributed by atoms with Gasteiger partial charge in [-0.25, -0.2) is 19.6 Å². The van der Waals surface area contributed by atoms with Crippen molar-refractivity contribution in [3.63, 3.8) is 0 Å². The van der Waals surface area contributed by atoms with Gasteiger partial charge in [-0.2, -0.15) is 5.10 Å². The van der Waals surface area contributed by atoms with Gasteiger partial charge in [0.1, 0.15) is 29.0 Å². The Balaban J connectivity index is 1.62. The summed E-state index contributed by atoms with van der Waals surface area (Å²) in [5.41, 5.74) is 2.21. The van der Waals surface area contributed by atoms with Crippen LogP contribution in [0.15, 0.2) is 55.1 Å². The second kappa shape index (κ2) is 9.40. The fourth-order valence-corrected chi connectivity index (χ4v) is 3.10. The van der Waals surface area contributed by atoms with Crippen molar-refractivity contribution < 1.29 is 19.0 Å². The number of carbonyl (C=O) groups is 1. The van der Waals surface area contributed by atoms with Crippen molar-refractivity contribution in [3.05, 3.63) is 60.7 Å². The van der Waals surface area contributed by atoms with Crippen molar-refractivity contribution in [2.75, 3.05) is 26.1 Å². The molecule has 1 atom stereocenters. The first kappa shape index (κ1) is 21.2. The van der Waals surface area contributed by atoms with E-state index < -0.39 is 12.0 Å². The molecule has 0 saturated heterocycles. The molecular weight excluding hydrogens is 412 g/mol. The van der Waals surface area contributed by atoms with Crippen LogP contribution < -0.4 is 14.8 Å². The summed E-state index contributed by atoms with van der Waals surface area (Å²) in [7, 11) is 3.08. The van der Waals surface area contributed by atoms with Gasteiger partial charge in [0, 0.05) is 13.3 Å². The van der Waals surface area contributed by atoms with Crippen LogP contribution in [0.2, 0.25) is 0 Å². The standard InChI is InChI=1S/C22H22N6O4/c1-14-8-9-19(23-10-14)27-21(29)18(12-30-2)32-22-15-11-26-28(20(15)24-13-25-22)16-6-4-5-7-17(16)31-3/h4-11,13,18H,12H2,1-3H3,(H,23,27,29)/t18-/m1/s1. The Morgan fingerprint density at radius 3 is 2.69 bits per heavy atom. The molecule has 4 aromatic rings. The second-order valence-corrected chi connectivity index (χ2v) is 6.92. The number of nitrogens with zero attached hydrogens (tertiary/aromatic N) is 5. The summed E-state index contributed by atoms with van der Waals surface area (Å²) in [6.07, 6.45) is 3.65. The van der Waals surface area contributed by atoms with Crippen LogP contribution in [0.25, 0.3) is 16.7 Å². The number of hydrogen-bond acceptors (Lipinski definition) is 8. The van der Waals surface area contributed by atoms with Crippen molar-refractivity contribution in [1.82, 2.24) is 24.7 Å². The van der Waals surface area contributed by atoms with E-state index in [0.717, 1.165) is 5.56 Å². The third-order valence-electron chi connectivity index (χ3n) is 4.67. The molecule has 0 aliphatic heterocycles. The maximum absolute atomic E-state index is 12.8. The summed E-state index contributed by atoms with van der Waals surface area (Å²) >= 11 is 0. The zero-order valence-electron chi connectivity index (χ0n) is 17.8. The van der Waals surface area contributed by atoms with Crippen molar-refractivity contribution in [1.29, 1.82) is 0 Å². The van der Waals surface area contributed by atoms with Crippen LogP contribution in [0.1, 0.15) is 5.56 Å². The third kappa shape index (κ3) is 4.35. The lowest BCUT2D eigenvalue weighted by Gasteiger charge is -2.17. The Hall–Kier alpha value is -4.05. The first-order valence-electron chi connectivity index (χ1n) is 9.82. The molecule has 4 rings (SSSR count). The molecule has 0 spiro atoms. The second-order valence-electron chi connectivity index (χ2n) is 6.92. The van der Waals surface area contributed by atoms with Gasteiger partial charge in [0.05, 0.1) is 19.9 Å². The van der Waals surface area contributed by atoms with Crippen LogP contribution in [0, 0.1) is 6.92 Å². The molecule has 3 aromatic heterocycles. The lowest BCUT2D eigenvalue weighted by Crippen LogP contribution is -2.37. The van der Waals surface area contributed by atoms with Crippen LogP contribution >= 0.6 is 0 Å². The van der Waals surface area contributed by atoms with E-state index in [1.165, 1.54) is 13.4 Å². The highest BCUT2D eigenvalue weighted by Gasteiger charge is 2.24. The normalized spacial score (nSPS) is 11.8. The summed E-state index contributed by atoms with van der Waals surface area (Å²) in [6.45, 7) is 1.94. The highest BCUT2D eigenvalue weighted by molar-refractivity contribution is 5.94. The summed E-state index contributed by atoms with van der Waals surface area (Å²) in [5, 5.41) is 7.70. The smallest absolute Gasteiger partial charge is 0.269 e. The molecule has 10 nitrogen and oxygen atoms in total. The zero-order valence-corrected chi connectivity index (χ0v) is 17.8. The Morgan fingerprint density at radius 1 is 1.09 bits per heavy atom. The average Bonchev–Trinajstić information content (AvgIpc) is 3.25. The molecule has 0 radical (unpaired) electrons. The number of methoxy groups -OCH3 is 2. The van der Waals surface area contributed by atoms with Gasteiger partial charge in [-0.1, -0.05) is 18.2 Å². The summed E-state index contributed by atoms with van der Waals surface area (Å²) < 4.78 is 18.2. The number of nitrogens with one attached hydrogen (secondary N) is 1. The minimum Gasteiger partial charge on any atom is -0.494 e. The van der Waals surface area contributed by atoms with Gasteiger partial charge in [0.25, 0.3) is 5.91 Å². The Kier molecular flexibility index (Phi) is 6.22. The van der Waals surface area contributed by atoms with Gasteiger partial charge in [-0.05, 0) is 30.7 Å². The maximum Gasteiger partial charge on any atom is 0.269 e. The molecule has 1 amide bonds. The van der Waals surface area contributed by atoms with E-state index in [2.05, 4.69) is 25.4 Å². The van der Waals surface area contributed by atoms with E-state index in [9.17, 15) is 4.79 Å². The first-order valence-corrected chi connectivity index (χ1v) is 9.82. The number of hydrogen-bond donors (Lipinski definition) is 1. The SMILES string of the molecule is COC[C@@H](Oc1ncnc2c1cnn2-c1ccccc1OC)C(=O)Nc1ccc(C)cn1. The van der Waals surface area contributed by atoms with Crippen LogP contribution in [-0.2, 0) is 9.53 Å². The van der Waals surface area contributed by atoms with E-state index in [4.69, 9.17) is 14.2 Å². The minimum absolute atomic E-state index is 0.0177. The van der Waals surface area contributed by atoms with Crippen LogP contribution in [0.3, 0.4) is 0 Å². The molecule has 0 fully saturated rings. The molecule has 10 heteroatoms. The lowest BCUT2D eigenvalue weighted by molar-refractivity contribution is -0.125. The van der Waals surface area contributed by atoms with Crippen molar-refractivity contribution in [2.24, 2.45) is 0 Å². The van der Waals surface area contributed by atoms with Crippen LogP contribution in [0.5, 0.6) is 11.6 Å². The Morgan fingerprint density at radius 2 is 1.94 bits per heavy atom. The molecule has 164 valence electrons. The topological polar surface area (TPSA) is 113 Å². The van der Waals surface area contributed by atoms with E-state index >= 15 is 0 Å². The van der Waals surface area contributed by atoms with E-state index in [-0.39, 0.29) is 12.5 Å². The van der Waals surface area contributed by atoms with Crippen molar-refractivity contribution >= 4 is 22.8 Å². The average molecular weight is 434 g/mol. The molecule has 3 heterocycles. The highest BCUT2D eigenvalue weighted by atomic mass is 16.5. The van der Waals surface area contributed by atoms with Gasteiger partial charge in [0.2, 0.25) is 12.0 Å². The first-order chi connectivity index (χ1) is 15.6. The predicted molar refractivity (Wildman–Crippen MR) is 117 cm³/mol. The fourth-order valence-electron chi connectivity index (χ4n) is 3.10. The molecule has 0 aliphatic carbocycles. The third-order valence-corrected chi connectivity index (χ3v) is 4.67. The Bertz CT molecular complexity index is 1220. The van der Waals surface area contributed by atoms with E-state index in [0.29, 0.717) is 28.3 Å². The monoisotopic (exact) mass is 434 g/mol. The predicted octanol–water partition coefficient (Wildman–Crippen LogP) is 2.56. The molecule has 32 heavy (non-hydrogen) atoms. The molecule has 0 bridgehead atoms. The van der Waals surface area contributed by atoms with Crippen LogP contribution in [0.4, 0.5) is 5.82 Å². The number of fused-ring (bicyclic) bond motifs is 1. The molecule has 1 aromatic carbocycles. The Labute approximate surface area is 184 Å². The molecule has 0 aliphatic rings. The summed E-state index contributed by atoms with van der Waals surface area (Å²) in [5.74, 6) is 0.861. The van der Waals surface area contributed by atoms with Crippen LogP contribution in [-0.4, -0.2) is 57.6 Å². The number of anilines is 1. The van der Waals surface area contributed by atoms with Gasteiger partial charge < -0.3 is 19.5 Å². The van der Waals surface area contributed by atoms with E-state index in [1.807, 2.05) is 37.3 Å². The zero-order chi connectivity index (χ0) is 22.5. The van der Waals surface area contributed by atoms with E-state index in [1.54, 1.807) is 30.3 Å². The molecule has 1 N–H and O–H groups in total. The largest absolute Gasteiger partial charge is 0.494 e. The van der Waals surface area contributed by atoms with Crippen molar-refractivity contribution in [2.45, 2.75) is 13.0 Å². The minimum atomic E-state index is -0.962. The number of pyridine rings is 1. The quantitative estimate of drug-likeness (QED) is 0.450. The maximum atomic E-state index is 12.8. The summed E-state index contributed by atoms with van der Waals surface area (Å²) in [4.78, 5) is 25.5. The number of amides is 1. The number of ether oxygens (including phenoxy) is 3. The summed E-state index contributed by atoms with van der Waals surface area (Å²) in [6, 6.07) is 11.0. The number of carbonyl (C=O) groups excluding carboxylic acids is 1. The number of para-hydroxylation sites is 2. The number of aryl methyl sites for hydroxylation is 1. The number of aromatic nitrogens is 5. The molecule has 0 saturated carbocycles. The molecule has 0 unspecified atom stereocenters. The van der Waals surface area contributed by atoms with Crippen molar-refractivity contribution in [3.8, 4) is 17.3 Å². The van der Waals surface area contributed by atoms with Gasteiger partial charge in [0.15, 0.2) is 5.65 Å². The fraction of sp³-hybridized carbons (Fsp3) is 0.227. The van der Waals surface area contributed by atoms with Gasteiger partial charge in [-0.3, -0.25) is 4.79 Å². The number of rotatable bonds is 8. The van der Waals surface area contributed by atoms with Gasteiger partial charge in [-0.15, -0.1) is 0 Å². The molecular formula is C22H22N6O4. The number of benzene rings is 1. The van der Waals surface area contributed by atoms with Gasteiger partial charge >= 0.3 is 0 Å².